The summed E-state index contributed by atoms with van der Waals surface area (Å²) in [7, 11) is 0. The molecule has 2 aromatic heterocycles. The fraction of sp³-hybridized carbons (Fsp3) is 0.0909. The monoisotopic (exact) mass is 742 g/mol. The lowest BCUT2D eigenvalue weighted by atomic mass is 9.74. The summed E-state index contributed by atoms with van der Waals surface area (Å²) < 4.78 is 6.45. The molecule has 0 radical (unpaired) electrons. The Balaban J connectivity index is 0.855. The van der Waals surface area contributed by atoms with Crippen LogP contribution in [0.4, 0.5) is 0 Å². The van der Waals surface area contributed by atoms with Crippen molar-refractivity contribution in [3.63, 3.8) is 0 Å². The third-order valence-corrected chi connectivity index (χ3v) is 12.9. The van der Waals surface area contributed by atoms with E-state index in [9.17, 15) is 0 Å². The summed E-state index contributed by atoms with van der Waals surface area (Å²) in [6.45, 7) is 4.80. The van der Waals surface area contributed by atoms with E-state index in [0.29, 0.717) is 0 Å². The summed E-state index contributed by atoms with van der Waals surface area (Å²) in [4.78, 5) is 10.3. The zero-order chi connectivity index (χ0) is 38.5. The number of hydrogen-bond donors (Lipinski definition) is 0. The number of nitrogens with zero attached hydrogens (tertiary/aromatic N) is 2. The molecule has 1 unspecified atom stereocenters. The van der Waals surface area contributed by atoms with E-state index in [1.54, 1.807) is 0 Å². The van der Waals surface area contributed by atoms with Crippen LogP contribution in [0, 0.1) is 0 Å². The van der Waals surface area contributed by atoms with E-state index in [1.165, 1.54) is 55.3 Å². The molecule has 0 fully saturated rings. The van der Waals surface area contributed by atoms with Crippen molar-refractivity contribution in [3.05, 3.63) is 198 Å². The molecule has 0 saturated carbocycles. The summed E-state index contributed by atoms with van der Waals surface area (Å²) >= 11 is 0. The highest BCUT2D eigenvalue weighted by Gasteiger charge is 2.39. The molecule has 3 nitrogen and oxygen atoms in total. The van der Waals surface area contributed by atoms with Gasteiger partial charge in [0.05, 0.1) is 22.9 Å². The van der Waals surface area contributed by atoms with Crippen LogP contribution < -0.4 is 0 Å². The van der Waals surface area contributed by atoms with Crippen LogP contribution in [-0.4, -0.2) is 9.97 Å². The van der Waals surface area contributed by atoms with E-state index < -0.39 is 0 Å². The van der Waals surface area contributed by atoms with Gasteiger partial charge in [-0.25, -0.2) is 4.98 Å². The van der Waals surface area contributed by atoms with Crippen molar-refractivity contribution in [1.82, 2.24) is 9.97 Å². The van der Waals surface area contributed by atoms with Gasteiger partial charge in [0.1, 0.15) is 11.2 Å². The van der Waals surface area contributed by atoms with Gasteiger partial charge in [0.2, 0.25) is 0 Å². The maximum atomic E-state index is 6.45. The van der Waals surface area contributed by atoms with Crippen molar-refractivity contribution >= 4 is 60.1 Å². The van der Waals surface area contributed by atoms with Crippen molar-refractivity contribution in [2.75, 3.05) is 0 Å². The van der Waals surface area contributed by atoms with Crippen LogP contribution in [0.5, 0.6) is 0 Å². The molecular formula is C55H38N2O. The van der Waals surface area contributed by atoms with E-state index in [1.807, 2.05) is 12.3 Å². The quantitative estimate of drug-likeness (QED) is 0.169. The minimum Gasteiger partial charge on any atom is -0.455 e. The van der Waals surface area contributed by atoms with Gasteiger partial charge in [0.25, 0.3) is 0 Å². The van der Waals surface area contributed by atoms with Crippen LogP contribution in [0.3, 0.4) is 0 Å². The van der Waals surface area contributed by atoms with Gasteiger partial charge in [-0.15, -0.1) is 0 Å². The first-order valence-corrected chi connectivity index (χ1v) is 20.2. The Labute approximate surface area is 336 Å². The molecule has 58 heavy (non-hydrogen) atoms. The van der Waals surface area contributed by atoms with Gasteiger partial charge < -0.3 is 4.42 Å². The van der Waals surface area contributed by atoms with Crippen LogP contribution >= 0.6 is 0 Å². The van der Waals surface area contributed by atoms with Crippen molar-refractivity contribution in [2.45, 2.75) is 31.6 Å². The van der Waals surface area contributed by atoms with Crippen LogP contribution in [0.15, 0.2) is 186 Å². The van der Waals surface area contributed by atoms with Gasteiger partial charge in [0.15, 0.2) is 0 Å². The van der Waals surface area contributed by atoms with Crippen LogP contribution in [0.2, 0.25) is 0 Å². The number of fused-ring (bicyclic) bond motifs is 11. The summed E-state index contributed by atoms with van der Waals surface area (Å²) in [6.07, 6.45) is 7.72. The molecule has 2 heterocycles. The standard InChI is InChI=1S/C55H38N2O/c1-55(2)48-30-36(24-26-42(48)43-27-25-37(31-49(43)55)39-21-11-22-47-44-18-7-8-23-51(44)58-54(39)47)34-13-9-12-33(28-34)35-14-10-15-38(29-35)50-32-56-52-45-19-5-3-16-40(45)41-17-4-6-20-46(41)53(52)57-50/h3-29,31-32,36H,30H2,1-2H3. The molecule has 0 saturated heterocycles. The average molecular weight is 743 g/mol. The second kappa shape index (κ2) is 12.4. The van der Waals surface area contributed by atoms with E-state index in [4.69, 9.17) is 14.4 Å². The normalized spacial score (nSPS) is 15.9. The topological polar surface area (TPSA) is 38.9 Å². The first kappa shape index (κ1) is 33.1. The fourth-order valence-electron chi connectivity index (χ4n) is 9.95. The Morgan fingerprint density at radius 2 is 1.22 bits per heavy atom. The number of furan rings is 1. The lowest BCUT2D eigenvalue weighted by Gasteiger charge is -2.29. The molecule has 3 heteroatoms. The van der Waals surface area contributed by atoms with Crippen LogP contribution in [0.1, 0.15) is 42.9 Å². The molecule has 0 amide bonds. The molecule has 1 atom stereocenters. The van der Waals surface area contributed by atoms with Crippen molar-refractivity contribution in [3.8, 4) is 33.5 Å². The fourth-order valence-corrected chi connectivity index (χ4v) is 9.95. The summed E-state index contributed by atoms with van der Waals surface area (Å²) in [5.74, 6) is 0.286. The van der Waals surface area contributed by atoms with E-state index in [-0.39, 0.29) is 11.3 Å². The first-order chi connectivity index (χ1) is 28.5. The largest absolute Gasteiger partial charge is 0.455 e. The van der Waals surface area contributed by atoms with Gasteiger partial charge in [-0.2, -0.15) is 0 Å². The summed E-state index contributed by atoms with van der Waals surface area (Å²) in [6, 6.07) is 56.8. The highest BCUT2D eigenvalue weighted by molar-refractivity contribution is 6.23. The maximum absolute atomic E-state index is 6.45. The zero-order valence-electron chi connectivity index (χ0n) is 32.3. The number of rotatable bonds is 4. The van der Waals surface area contributed by atoms with E-state index >= 15 is 0 Å². The molecule has 2 aliphatic carbocycles. The lowest BCUT2D eigenvalue weighted by Crippen LogP contribution is -2.19. The van der Waals surface area contributed by atoms with Gasteiger partial charge in [-0.05, 0) is 74.3 Å². The Morgan fingerprint density at radius 3 is 2.05 bits per heavy atom. The molecular weight excluding hydrogens is 705 g/mol. The predicted octanol–water partition coefficient (Wildman–Crippen LogP) is 14.6. The molecule has 12 rings (SSSR count). The Bertz CT molecular complexity index is 3380. The number of benzene rings is 8. The van der Waals surface area contributed by atoms with Crippen LogP contribution in [-0.2, 0) is 5.41 Å². The Morgan fingerprint density at radius 1 is 0.552 bits per heavy atom. The average Bonchev–Trinajstić information content (AvgIpc) is 3.78. The molecule has 0 aliphatic heterocycles. The van der Waals surface area contributed by atoms with Crippen molar-refractivity contribution in [1.29, 1.82) is 0 Å². The number of aromatic nitrogens is 2. The summed E-state index contributed by atoms with van der Waals surface area (Å²) in [5.41, 5.74) is 17.3. The smallest absolute Gasteiger partial charge is 0.143 e. The van der Waals surface area contributed by atoms with E-state index in [2.05, 4.69) is 178 Å². The predicted molar refractivity (Wildman–Crippen MR) is 241 cm³/mol. The van der Waals surface area contributed by atoms with Gasteiger partial charge in [-0.1, -0.05) is 171 Å². The maximum Gasteiger partial charge on any atom is 0.143 e. The van der Waals surface area contributed by atoms with Crippen molar-refractivity contribution in [2.24, 2.45) is 0 Å². The Kier molecular flexibility index (Phi) is 7.10. The minimum absolute atomic E-state index is 0.101. The highest BCUT2D eigenvalue weighted by atomic mass is 16.3. The van der Waals surface area contributed by atoms with Crippen molar-refractivity contribution < 1.29 is 4.42 Å². The molecule has 0 N–H and O–H groups in total. The molecule has 8 aromatic carbocycles. The Hall–Kier alpha value is -7.10. The van der Waals surface area contributed by atoms with Gasteiger partial charge >= 0.3 is 0 Å². The van der Waals surface area contributed by atoms with E-state index in [0.717, 1.165) is 67.0 Å². The highest BCUT2D eigenvalue weighted by Crippen LogP contribution is 2.53. The number of hydrogen-bond acceptors (Lipinski definition) is 3. The molecule has 0 bridgehead atoms. The third-order valence-electron chi connectivity index (χ3n) is 12.9. The lowest BCUT2D eigenvalue weighted by molar-refractivity contribution is 0.591. The second-order valence-corrected chi connectivity index (χ2v) is 16.5. The third kappa shape index (κ3) is 4.93. The van der Waals surface area contributed by atoms with Gasteiger partial charge in [0, 0.05) is 44.0 Å². The number of para-hydroxylation sites is 2. The molecule has 2 aliphatic rings. The first-order valence-electron chi connectivity index (χ1n) is 20.2. The SMILES string of the molecule is CC1(C)C2=C(C=CC(c3cccc(-c4cccc(-c5cnc6c7ccccc7c7ccccc7c6n5)c4)c3)C2)c2ccc(-c3cccc4c3oc3ccccc34)cc21. The molecule has 10 aromatic rings. The van der Waals surface area contributed by atoms with Crippen LogP contribution in [0.25, 0.3) is 93.6 Å². The van der Waals surface area contributed by atoms with Gasteiger partial charge in [-0.3, -0.25) is 4.98 Å². The zero-order valence-corrected chi connectivity index (χ0v) is 32.3. The molecule has 274 valence electrons. The minimum atomic E-state index is -0.101. The second-order valence-electron chi connectivity index (χ2n) is 16.5. The summed E-state index contributed by atoms with van der Waals surface area (Å²) in [5, 5.41) is 6.99. The molecule has 0 spiro atoms. The number of allylic oxidation sites excluding steroid dienone is 4.